The number of hydrogen-bond acceptors (Lipinski definition) is 6. The number of phosphoric ester groups is 1. The number of hydrogen-bond donors (Lipinski definition) is 2. The molecule has 0 saturated carbocycles. The lowest BCUT2D eigenvalue weighted by molar-refractivity contribution is -0.870. The van der Waals surface area contributed by atoms with E-state index in [1.807, 2.05) is 27.2 Å². The Balaban J connectivity index is 3.91. The van der Waals surface area contributed by atoms with Gasteiger partial charge in [-0.15, -0.1) is 0 Å². The molecule has 468 valence electrons. The highest BCUT2D eigenvalue weighted by atomic mass is 31.2. The Morgan fingerprint density at radius 3 is 1.16 bits per heavy atom. The smallest absolute Gasteiger partial charge is 0.268 e. The highest BCUT2D eigenvalue weighted by Crippen LogP contribution is 2.38. The van der Waals surface area contributed by atoms with E-state index in [0.717, 1.165) is 64.2 Å². The van der Waals surface area contributed by atoms with Crippen molar-refractivity contribution in [1.29, 1.82) is 0 Å². The molecule has 0 bridgehead atoms. The van der Waals surface area contributed by atoms with E-state index in [1.165, 1.54) is 238 Å². The van der Waals surface area contributed by atoms with E-state index in [1.54, 1.807) is 6.08 Å². The van der Waals surface area contributed by atoms with Crippen molar-refractivity contribution in [2.75, 3.05) is 40.9 Å². The van der Waals surface area contributed by atoms with Gasteiger partial charge in [-0.2, -0.15) is 0 Å². The van der Waals surface area contributed by atoms with Crippen LogP contribution in [0.25, 0.3) is 0 Å². The molecule has 2 N–H and O–H groups in total. The first-order valence-corrected chi connectivity index (χ1v) is 35.8. The number of nitrogens with zero attached hydrogens (tertiary/aromatic N) is 1. The molecule has 0 aromatic carbocycles. The Bertz CT molecular complexity index is 1530. The molecule has 3 atom stereocenters. The molecule has 9 heteroatoms. The minimum Gasteiger partial charge on any atom is -0.756 e. The van der Waals surface area contributed by atoms with E-state index in [0.29, 0.717) is 17.4 Å². The molecule has 1 amide bonds. The van der Waals surface area contributed by atoms with Crippen LogP contribution in [0, 0.1) is 0 Å². The van der Waals surface area contributed by atoms with E-state index < -0.39 is 26.6 Å². The summed E-state index contributed by atoms with van der Waals surface area (Å²) in [6.45, 7) is 4.54. The Hall–Kier alpha value is -2.06. The number of rotatable bonds is 63. The Kier molecular flexibility index (Phi) is 59.9. The fourth-order valence-electron chi connectivity index (χ4n) is 10.1. The molecule has 0 aromatic rings. The van der Waals surface area contributed by atoms with E-state index in [9.17, 15) is 19.4 Å². The maximum atomic E-state index is 13.0. The normalized spacial score (nSPS) is 14.1. The summed E-state index contributed by atoms with van der Waals surface area (Å²) in [7, 11) is 1.25. The van der Waals surface area contributed by atoms with Crippen LogP contribution in [0.2, 0.25) is 0 Å². The van der Waals surface area contributed by atoms with E-state index in [2.05, 4.69) is 79.9 Å². The van der Waals surface area contributed by atoms with Crippen LogP contribution in [0.4, 0.5) is 0 Å². The zero-order chi connectivity index (χ0) is 58.4. The van der Waals surface area contributed by atoms with Gasteiger partial charge in [0.2, 0.25) is 5.91 Å². The predicted molar refractivity (Wildman–Crippen MR) is 348 cm³/mol. The fraction of sp³-hybridized carbons (Fsp3) is 0.817. The molecule has 0 aliphatic rings. The van der Waals surface area contributed by atoms with Crippen LogP contribution in [-0.2, 0) is 18.4 Å². The van der Waals surface area contributed by atoms with Crippen molar-refractivity contribution in [3.05, 3.63) is 72.9 Å². The number of likely N-dealkylation sites (N-methyl/N-ethyl adjacent to an activating group) is 1. The van der Waals surface area contributed by atoms with Gasteiger partial charge in [0.15, 0.2) is 0 Å². The number of carbonyl (C=O) groups is 1. The number of aliphatic hydroxyl groups is 1. The zero-order valence-electron chi connectivity index (χ0n) is 53.5. The minimum absolute atomic E-state index is 0.00574. The summed E-state index contributed by atoms with van der Waals surface area (Å²) in [6, 6.07) is -0.903. The van der Waals surface area contributed by atoms with Gasteiger partial charge in [0, 0.05) is 6.42 Å². The van der Waals surface area contributed by atoms with E-state index in [4.69, 9.17) is 9.05 Å². The number of amides is 1. The number of phosphoric acid groups is 1. The minimum atomic E-state index is -4.61. The zero-order valence-corrected chi connectivity index (χ0v) is 54.4. The second kappa shape index (κ2) is 61.5. The van der Waals surface area contributed by atoms with Crippen molar-refractivity contribution in [1.82, 2.24) is 5.32 Å². The first kappa shape index (κ1) is 77.9. The van der Waals surface area contributed by atoms with Gasteiger partial charge in [-0.3, -0.25) is 9.36 Å². The quantitative estimate of drug-likeness (QED) is 0.0272. The largest absolute Gasteiger partial charge is 0.756 e. The van der Waals surface area contributed by atoms with Crippen LogP contribution < -0.4 is 10.2 Å². The van der Waals surface area contributed by atoms with Crippen LogP contribution in [-0.4, -0.2) is 68.5 Å². The first-order valence-electron chi connectivity index (χ1n) is 34.3. The molecule has 0 aliphatic heterocycles. The van der Waals surface area contributed by atoms with Crippen molar-refractivity contribution in [3.8, 4) is 0 Å². The monoisotopic (exact) mass is 1140 g/mol. The van der Waals surface area contributed by atoms with Gasteiger partial charge in [0.05, 0.1) is 39.9 Å². The summed E-state index contributed by atoms with van der Waals surface area (Å²) in [6.07, 6.45) is 86.1. The molecule has 3 unspecified atom stereocenters. The first-order chi connectivity index (χ1) is 39.0. The third-order valence-electron chi connectivity index (χ3n) is 15.4. The van der Waals surface area contributed by atoms with Crippen molar-refractivity contribution >= 4 is 13.7 Å². The highest BCUT2D eigenvalue weighted by molar-refractivity contribution is 7.45. The average Bonchev–Trinajstić information content (AvgIpc) is 3.42. The number of aliphatic hydroxyl groups excluding tert-OH is 1. The van der Waals surface area contributed by atoms with Gasteiger partial charge in [0.25, 0.3) is 7.82 Å². The molecule has 0 rings (SSSR count). The molecule has 0 aromatic heterocycles. The molecule has 0 fully saturated rings. The van der Waals surface area contributed by atoms with Gasteiger partial charge in [-0.25, -0.2) is 0 Å². The second-order valence-corrected chi connectivity index (χ2v) is 25.9. The molecule has 80 heavy (non-hydrogen) atoms. The summed E-state index contributed by atoms with van der Waals surface area (Å²) in [5, 5.41) is 13.9. The Morgan fingerprint density at radius 1 is 0.450 bits per heavy atom. The van der Waals surface area contributed by atoms with Gasteiger partial charge in [0.1, 0.15) is 13.2 Å². The number of carbonyl (C=O) groups excluding carboxylic acids is 1. The van der Waals surface area contributed by atoms with Crippen molar-refractivity contribution in [2.24, 2.45) is 0 Å². The maximum absolute atomic E-state index is 13.0. The van der Waals surface area contributed by atoms with Crippen LogP contribution >= 0.6 is 7.82 Å². The lowest BCUT2D eigenvalue weighted by Gasteiger charge is -2.29. The van der Waals surface area contributed by atoms with Crippen molar-refractivity contribution < 1.29 is 32.9 Å². The number of quaternary nitrogens is 1. The van der Waals surface area contributed by atoms with E-state index >= 15 is 0 Å². The summed E-state index contributed by atoms with van der Waals surface area (Å²) in [4.78, 5) is 25.6. The molecule has 0 heterocycles. The lowest BCUT2D eigenvalue weighted by Crippen LogP contribution is -2.45. The lowest BCUT2D eigenvalue weighted by atomic mass is 10.0. The molecule has 8 nitrogen and oxygen atoms in total. The molecular formula is C71H133N2O6P. The standard InChI is InChI=1S/C71H133N2O6P/c1-6-8-10-12-14-16-18-20-22-24-25-26-27-28-29-30-31-32-33-34-35-36-37-38-39-40-41-42-43-44-45-46-47-49-51-53-55-57-59-61-63-65-71(75)72-69(68-79-80(76,77)78-67-66-73(3,4)5)70(74)64-62-60-58-56-54-52-50-48-23-21-19-17-15-13-11-9-7-2/h8,10,14,16,20,22,25-26,54,56,62,64,69-70,74H,6-7,9,11-13,15,17-19,21,23-24,27-53,55,57-61,63,65-68H2,1-5H3,(H-,72,75,76,77)/b10-8-,16-14-,22-20-,26-25-,56-54+,64-62+. The summed E-state index contributed by atoms with van der Waals surface area (Å²) in [5.41, 5.74) is 0. The molecule has 0 saturated heterocycles. The van der Waals surface area contributed by atoms with Crippen LogP contribution in [0.5, 0.6) is 0 Å². The third-order valence-corrected chi connectivity index (χ3v) is 16.4. The second-order valence-electron chi connectivity index (χ2n) is 24.5. The third kappa shape index (κ3) is 63.5. The summed E-state index contributed by atoms with van der Waals surface area (Å²) in [5.74, 6) is -0.202. The van der Waals surface area contributed by atoms with Crippen LogP contribution in [0.15, 0.2) is 72.9 Å². The molecule has 0 aliphatic carbocycles. The highest BCUT2D eigenvalue weighted by Gasteiger charge is 2.23. The average molecular weight is 1140 g/mol. The molecule has 0 radical (unpaired) electrons. The van der Waals surface area contributed by atoms with Gasteiger partial charge < -0.3 is 28.8 Å². The molecular weight excluding hydrogens is 1010 g/mol. The summed E-state index contributed by atoms with van der Waals surface area (Å²) >= 11 is 0. The van der Waals surface area contributed by atoms with E-state index in [-0.39, 0.29) is 12.5 Å². The topological polar surface area (TPSA) is 108 Å². The van der Waals surface area contributed by atoms with Crippen molar-refractivity contribution in [2.45, 2.75) is 334 Å². The maximum Gasteiger partial charge on any atom is 0.268 e. The number of unbranched alkanes of at least 4 members (excludes halogenated alkanes) is 40. The summed E-state index contributed by atoms with van der Waals surface area (Å²) < 4.78 is 23.4. The fourth-order valence-corrected chi connectivity index (χ4v) is 10.8. The van der Waals surface area contributed by atoms with Crippen molar-refractivity contribution in [3.63, 3.8) is 0 Å². The van der Waals surface area contributed by atoms with Crippen LogP contribution in [0.3, 0.4) is 0 Å². The van der Waals surface area contributed by atoms with Gasteiger partial charge in [-0.1, -0.05) is 318 Å². The Labute approximate surface area is 497 Å². The Morgan fingerprint density at radius 2 is 0.775 bits per heavy atom. The number of allylic oxidation sites excluding steroid dienone is 11. The predicted octanol–water partition coefficient (Wildman–Crippen LogP) is 21.1. The van der Waals surface area contributed by atoms with Crippen LogP contribution in [0.1, 0.15) is 322 Å². The number of nitrogens with one attached hydrogen (secondary N) is 1. The SMILES string of the molecule is CC/C=C\C/C=C\C/C=C\C/C=C\CCCCCCCCCCCCCCCCCCCCCCCCCCCCCCC(=O)NC(COP(=O)([O-])OCC[N+](C)(C)C)C(O)/C=C/CC/C=C/CCCCCCCCCCCCC. The van der Waals surface area contributed by atoms with Gasteiger partial charge in [-0.05, 0) is 70.6 Å². The molecule has 0 spiro atoms. The van der Waals surface area contributed by atoms with Gasteiger partial charge >= 0.3 is 0 Å².